The first-order chi connectivity index (χ1) is 4.52. The Kier molecular flexibility index (Phi) is 5.17. The Bertz CT molecular complexity index is 157. The van der Waals surface area contributed by atoms with Gasteiger partial charge in [0.1, 0.15) is 9.81 Å². The van der Waals surface area contributed by atoms with E-state index < -0.39 is 15.3 Å². The molecule has 0 atom stereocenters. The topological polar surface area (TPSA) is 122 Å². The first-order valence-electron chi connectivity index (χ1n) is 1.66. The van der Waals surface area contributed by atoms with E-state index in [1.807, 2.05) is 0 Å². The zero-order valence-electron chi connectivity index (χ0n) is 4.24. The van der Waals surface area contributed by atoms with Crippen LogP contribution in [-0.2, 0) is 9.88 Å². The molecule has 0 aliphatic heterocycles. The minimum atomic E-state index is -1.53. The average molecular weight is 171 g/mol. The third-order valence-electron chi connectivity index (χ3n) is 0.270. The highest BCUT2D eigenvalue weighted by molar-refractivity contribution is 3.85. The van der Waals surface area contributed by atoms with Gasteiger partial charge in [-0.3, -0.25) is 0 Å². The van der Waals surface area contributed by atoms with Crippen molar-refractivity contribution in [2.45, 2.75) is 7.43 Å². The lowest BCUT2D eigenvalue weighted by Crippen LogP contribution is -2.19. The molecule has 0 aliphatic carbocycles. The first-order valence-corrected chi connectivity index (χ1v) is 1.66. The van der Waals surface area contributed by atoms with E-state index in [0.29, 0.717) is 0 Å². The number of hydrogen-bond acceptors (Lipinski definition) is 6. The van der Waals surface area contributed by atoms with Crippen LogP contribution in [0.2, 0.25) is 0 Å². The van der Waals surface area contributed by atoms with Gasteiger partial charge in [-0.2, -0.15) is 5.21 Å². The quantitative estimate of drug-likeness (QED) is 0.448. The van der Waals surface area contributed by atoms with E-state index in [2.05, 4.69) is 9.88 Å². The molecule has 0 aromatic carbocycles. The molecule has 0 bridgehead atoms. The monoisotopic (exact) mass is 171 g/mol. The predicted molar refractivity (Wildman–Crippen MR) is 24.9 cm³/mol. The molecule has 0 aliphatic rings. The second-order valence-corrected chi connectivity index (χ2v) is 0.848. The Hall–Kier alpha value is -2.00. The molecule has 0 aromatic heterocycles. The van der Waals surface area contributed by atoms with E-state index in [0.717, 1.165) is 0 Å². The van der Waals surface area contributed by atoms with Crippen molar-refractivity contribution in [3.8, 4) is 0 Å². The van der Waals surface area contributed by atoms with Crippen LogP contribution in [0.4, 0.5) is 0 Å². The van der Waals surface area contributed by atoms with Gasteiger partial charge in [0.05, 0.1) is 4.94 Å². The highest BCUT2D eigenvalue weighted by atomic mass is 17.2. The van der Waals surface area contributed by atoms with Crippen molar-refractivity contribution >= 4 is 0 Å². The average Bonchev–Trinajstić information content (AvgIpc) is 1.58. The molecule has 0 amide bonds. The van der Waals surface area contributed by atoms with Crippen LogP contribution in [0.5, 0.6) is 0 Å². The second kappa shape index (κ2) is 4.84. The van der Waals surface area contributed by atoms with Crippen molar-refractivity contribution < 1.29 is 30.3 Å². The molecule has 11 heavy (non-hydrogen) atoms. The summed E-state index contributed by atoms with van der Waals surface area (Å²) < 4.78 is 0. The summed E-state index contributed by atoms with van der Waals surface area (Å²) in [6, 6.07) is 0. The van der Waals surface area contributed by atoms with Crippen LogP contribution >= 0.6 is 0 Å². The van der Waals surface area contributed by atoms with Gasteiger partial charge in [0.25, 0.3) is 0 Å². The van der Waals surface area contributed by atoms with E-state index in [1.165, 1.54) is 0 Å². The van der Waals surface area contributed by atoms with Gasteiger partial charge in [-0.05, 0) is 0 Å². The van der Waals surface area contributed by atoms with E-state index in [1.54, 1.807) is 0 Å². The third-order valence-corrected chi connectivity index (χ3v) is 0.270. The molecule has 10 nitrogen and oxygen atoms in total. The Labute approximate surface area is 59.0 Å². The van der Waals surface area contributed by atoms with E-state index in [4.69, 9.17) is 5.21 Å². The van der Waals surface area contributed by atoms with Crippen LogP contribution in [-0.4, -0.2) is 20.5 Å². The van der Waals surface area contributed by atoms with Gasteiger partial charge in [0.15, 0.2) is 0 Å². The summed E-state index contributed by atoms with van der Waals surface area (Å²) in [5.41, 5.74) is 0. The molecule has 0 saturated heterocycles. The Balaban J connectivity index is 0. The van der Waals surface area contributed by atoms with Crippen molar-refractivity contribution in [2.75, 3.05) is 0 Å². The molecule has 10 heteroatoms. The molecule has 0 fully saturated rings. The van der Waals surface area contributed by atoms with Crippen molar-refractivity contribution in [3.05, 3.63) is 19.9 Å². The summed E-state index contributed by atoms with van der Waals surface area (Å²) >= 11 is 0. The molecule has 64 valence electrons. The molecule has 0 saturated carbocycles. The van der Waals surface area contributed by atoms with Crippen molar-refractivity contribution in [2.24, 2.45) is 0 Å². The Morgan fingerprint density at radius 1 is 1.18 bits per heavy atom. The van der Waals surface area contributed by atoms with Gasteiger partial charge in [0.2, 0.25) is 4.94 Å². The Morgan fingerprint density at radius 3 is 1.91 bits per heavy atom. The maximum absolute atomic E-state index is 9.69. The first kappa shape index (κ1) is 11.8. The van der Waals surface area contributed by atoms with Crippen LogP contribution in [0.15, 0.2) is 0 Å². The number of nitrogens with zero attached hydrogens (tertiary/aromatic N) is 3. The van der Waals surface area contributed by atoms with E-state index in [-0.39, 0.29) is 7.43 Å². The summed E-state index contributed by atoms with van der Waals surface area (Å²) in [7, 11) is 0. The number of rotatable bonds is 4. The fourth-order valence-corrected chi connectivity index (χ4v) is 0.126. The highest BCUT2D eigenvalue weighted by Gasteiger charge is 2.30. The van der Waals surface area contributed by atoms with Gasteiger partial charge < -0.3 is 0 Å². The molecule has 0 radical (unpaired) electrons. The SMILES string of the molecule is C.O=[N+]([O-])O[N+](=O)O[N+](=O)O. The van der Waals surface area contributed by atoms with Gasteiger partial charge in [-0.1, -0.05) is 7.43 Å². The summed E-state index contributed by atoms with van der Waals surface area (Å²) in [6.07, 6.45) is 0. The van der Waals surface area contributed by atoms with Gasteiger partial charge >= 0.3 is 15.3 Å². The van der Waals surface area contributed by atoms with Crippen LogP contribution in [0.25, 0.3) is 0 Å². The largest absolute Gasteiger partial charge is 0.548 e. The third kappa shape index (κ3) is 8.00. The zero-order valence-corrected chi connectivity index (χ0v) is 4.24. The van der Waals surface area contributed by atoms with E-state index in [9.17, 15) is 19.9 Å². The lowest BCUT2D eigenvalue weighted by molar-refractivity contribution is -1.27. The molecular weight excluding hydrogens is 166 g/mol. The van der Waals surface area contributed by atoms with Crippen molar-refractivity contribution in [1.82, 2.24) is 0 Å². The van der Waals surface area contributed by atoms with Gasteiger partial charge in [-0.25, -0.2) is 0 Å². The van der Waals surface area contributed by atoms with Crippen molar-refractivity contribution in [3.63, 3.8) is 0 Å². The summed E-state index contributed by atoms with van der Waals surface area (Å²) in [6.45, 7) is 0. The highest BCUT2D eigenvalue weighted by Crippen LogP contribution is 1.79. The minimum Gasteiger partial charge on any atom is -0.196 e. The zero-order chi connectivity index (χ0) is 8.15. The fourth-order valence-electron chi connectivity index (χ4n) is 0.126. The summed E-state index contributed by atoms with van der Waals surface area (Å²) in [4.78, 5) is 34.2. The molecule has 0 aromatic rings. The van der Waals surface area contributed by atoms with Crippen LogP contribution in [0.3, 0.4) is 0 Å². The maximum Gasteiger partial charge on any atom is 0.548 e. The van der Waals surface area contributed by atoms with Crippen molar-refractivity contribution in [1.29, 1.82) is 0 Å². The van der Waals surface area contributed by atoms with Gasteiger partial charge in [-0.15, -0.1) is 10.1 Å². The van der Waals surface area contributed by atoms with Gasteiger partial charge in [0, 0.05) is 0 Å². The van der Waals surface area contributed by atoms with Crippen LogP contribution < -0.4 is 0 Å². The lowest BCUT2D eigenvalue weighted by atomic mass is 12.0. The minimum absolute atomic E-state index is 0. The molecule has 0 spiro atoms. The molecule has 0 rings (SSSR count). The normalized spacial score (nSPS) is 7.27. The molecule has 0 unspecified atom stereocenters. The maximum atomic E-state index is 9.69. The van der Waals surface area contributed by atoms with Crippen LogP contribution in [0, 0.1) is 19.9 Å². The standard InChI is InChI=1S/CH4.HN3O7/c;4-1(5)9-3(8)10-2(6)7/h1H4;(H,4,5)/q;+2. The number of hydrogen-bond donors (Lipinski definition) is 1. The van der Waals surface area contributed by atoms with E-state index >= 15 is 0 Å². The molecule has 0 heterocycles. The molecular formula is CH5N3O7+2. The predicted octanol–water partition coefficient (Wildman–Crippen LogP) is -0.461. The second-order valence-electron chi connectivity index (χ2n) is 0.848. The summed E-state index contributed by atoms with van der Waals surface area (Å²) in [5.74, 6) is 0. The smallest absolute Gasteiger partial charge is 0.196 e. The lowest BCUT2D eigenvalue weighted by Gasteiger charge is -1.71. The fraction of sp³-hybridized carbons (Fsp3) is 1.00. The summed E-state index contributed by atoms with van der Waals surface area (Å²) in [5, 5.41) is 12.8. The molecule has 1 N–H and O–H groups in total. The Morgan fingerprint density at radius 2 is 1.64 bits per heavy atom. The van der Waals surface area contributed by atoms with Crippen LogP contribution in [0.1, 0.15) is 7.43 Å².